The lowest BCUT2D eigenvalue weighted by Crippen LogP contribution is -2.42. The molecule has 7 nitrogen and oxygen atoms in total. The van der Waals surface area contributed by atoms with Gasteiger partial charge in [0, 0.05) is 36.6 Å². The summed E-state index contributed by atoms with van der Waals surface area (Å²) in [5.41, 5.74) is 1.43. The number of amides is 1. The SMILES string of the molecule is COc1ccc(/C(O)=C2\C(=O)C(=O)N(CCN3CCOCC3)[C@H]2c2cccs2)c(C)c1. The molecule has 0 aliphatic carbocycles. The van der Waals surface area contributed by atoms with Crippen LogP contribution >= 0.6 is 11.3 Å². The van der Waals surface area contributed by atoms with Gasteiger partial charge < -0.3 is 19.5 Å². The quantitative estimate of drug-likeness (QED) is 0.421. The van der Waals surface area contributed by atoms with Crippen LogP contribution < -0.4 is 4.74 Å². The van der Waals surface area contributed by atoms with Gasteiger partial charge in [-0.3, -0.25) is 14.5 Å². The Hall–Kier alpha value is -2.68. The fraction of sp³-hybridized carbons (Fsp3) is 0.391. The van der Waals surface area contributed by atoms with Gasteiger partial charge in [-0.1, -0.05) is 6.07 Å². The molecule has 1 atom stereocenters. The summed E-state index contributed by atoms with van der Waals surface area (Å²) in [6.45, 7) is 5.85. The van der Waals surface area contributed by atoms with Crippen LogP contribution in [-0.4, -0.2) is 73.1 Å². The van der Waals surface area contributed by atoms with Crippen molar-refractivity contribution in [2.45, 2.75) is 13.0 Å². The van der Waals surface area contributed by atoms with Crippen molar-refractivity contribution in [2.75, 3.05) is 46.5 Å². The second kappa shape index (κ2) is 9.21. The van der Waals surface area contributed by atoms with Crippen molar-refractivity contribution in [3.05, 3.63) is 57.3 Å². The molecule has 1 N–H and O–H groups in total. The Kier molecular flexibility index (Phi) is 6.41. The Labute approximate surface area is 185 Å². The molecule has 0 spiro atoms. The zero-order chi connectivity index (χ0) is 22.0. The molecule has 164 valence electrons. The van der Waals surface area contributed by atoms with Crippen molar-refractivity contribution >= 4 is 28.8 Å². The fourth-order valence-electron chi connectivity index (χ4n) is 4.10. The molecule has 31 heavy (non-hydrogen) atoms. The molecule has 1 aromatic carbocycles. The van der Waals surface area contributed by atoms with Gasteiger partial charge in [-0.25, -0.2) is 0 Å². The summed E-state index contributed by atoms with van der Waals surface area (Å²) in [6, 6.07) is 8.44. The second-order valence-electron chi connectivity index (χ2n) is 7.64. The number of Topliss-reactive ketones (excluding diaryl/α,β-unsaturated/α-hetero) is 1. The van der Waals surface area contributed by atoms with Gasteiger partial charge >= 0.3 is 0 Å². The summed E-state index contributed by atoms with van der Waals surface area (Å²) in [5, 5.41) is 13.1. The first-order chi connectivity index (χ1) is 15.0. The van der Waals surface area contributed by atoms with Crippen molar-refractivity contribution in [3.63, 3.8) is 0 Å². The highest BCUT2D eigenvalue weighted by Gasteiger charge is 2.46. The Bertz CT molecular complexity index is 995. The monoisotopic (exact) mass is 442 g/mol. The van der Waals surface area contributed by atoms with Crippen molar-refractivity contribution in [1.29, 1.82) is 0 Å². The third-order valence-electron chi connectivity index (χ3n) is 5.80. The first kappa shape index (κ1) is 21.5. The number of hydrogen-bond acceptors (Lipinski definition) is 7. The number of benzene rings is 1. The van der Waals surface area contributed by atoms with E-state index in [2.05, 4.69) is 4.90 Å². The number of ketones is 1. The van der Waals surface area contributed by atoms with Crippen molar-refractivity contribution < 1.29 is 24.2 Å². The first-order valence-electron chi connectivity index (χ1n) is 10.3. The summed E-state index contributed by atoms with van der Waals surface area (Å²) in [4.78, 5) is 30.7. The highest BCUT2D eigenvalue weighted by atomic mass is 32.1. The molecule has 2 aliphatic rings. The van der Waals surface area contributed by atoms with Gasteiger partial charge in [-0.2, -0.15) is 0 Å². The van der Waals surface area contributed by atoms with Crippen LogP contribution in [0.4, 0.5) is 0 Å². The summed E-state index contributed by atoms with van der Waals surface area (Å²) < 4.78 is 10.6. The number of aryl methyl sites for hydroxylation is 1. The smallest absolute Gasteiger partial charge is 0.295 e. The number of methoxy groups -OCH3 is 1. The third kappa shape index (κ3) is 4.23. The minimum Gasteiger partial charge on any atom is -0.507 e. The molecule has 4 rings (SSSR count). The van der Waals surface area contributed by atoms with E-state index < -0.39 is 17.7 Å². The molecule has 2 aliphatic heterocycles. The average Bonchev–Trinajstić information content (AvgIpc) is 3.40. The molecule has 2 saturated heterocycles. The van der Waals surface area contributed by atoms with Gasteiger partial charge in [0.2, 0.25) is 0 Å². The number of likely N-dealkylation sites (tertiary alicyclic amines) is 1. The molecule has 1 aromatic heterocycles. The van der Waals surface area contributed by atoms with Gasteiger partial charge in [0.1, 0.15) is 11.5 Å². The summed E-state index contributed by atoms with van der Waals surface area (Å²) in [7, 11) is 1.57. The Balaban J connectivity index is 1.71. The van der Waals surface area contributed by atoms with E-state index in [0.717, 1.165) is 23.5 Å². The lowest BCUT2D eigenvalue weighted by atomic mass is 9.97. The van der Waals surface area contributed by atoms with E-state index in [9.17, 15) is 14.7 Å². The summed E-state index contributed by atoms with van der Waals surface area (Å²) >= 11 is 1.47. The maximum atomic E-state index is 13.1. The van der Waals surface area contributed by atoms with Gasteiger partial charge in [0.15, 0.2) is 0 Å². The molecule has 2 fully saturated rings. The lowest BCUT2D eigenvalue weighted by Gasteiger charge is -2.30. The van der Waals surface area contributed by atoms with E-state index in [0.29, 0.717) is 37.6 Å². The normalized spacial score (nSPS) is 21.6. The van der Waals surface area contributed by atoms with Crippen LogP contribution in [0.25, 0.3) is 5.76 Å². The van der Waals surface area contributed by atoms with E-state index in [1.54, 1.807) is 30.2 Å². The average molecular weight is 443 g/mol. The summed E-state index contributed by atoms with van der Waals surface area (Å²) in [5.74, 6) is -0.701. The molecule has 8 heteroatoms. The van der Waals surface area contributed by atoms with Crippen molar-refractivity contribution in [3.8, 4) is 5.75 Å². The maximum Gasteiger partial charge on any atom is 0.295 e. The van der Waals surface area contributed by atoms with Crippen LogP contribution in [-0.2, 0) is 14.3 Å². The lowest BCUT2D eigenvalue weighted by molar-refractivity contribution is -0.140. The number of morpholine rings is 1. The molecule has 0 radical (unpaired) electrons. The molecule has 0 saturated carbocycles. The van der Waals surface area contributed by atoms with E-state index >= 15 is 0 Å². The number of ether oxygens (including phenoxy) is 2. The Morgan fingerprint density at radius 2 is 2.00 bits per heavy atom. The third-order valence-corrected chi connectivity index (χ3v) is 6.73. The topological polar surface area (TPSA) is 79.3 Å². The zero-order valence-electron chi connectivity index (χ0n) is 17.7. The Morgan fingerprint density at radius 3 is 2.65 bits per heavy atom. The minimum absolute atomic E-state index is 0.141. The number of carbonyl (C=O) groups is 2. The predicted molar refractivity (Wildman–Crippen MR) is 118 cm³/mol. The van der Waals surface area contributed by atoms with Gasteiger partial charge in [0.05, 0.1) is 31.9 Å². The predicted octanol–water partition coefficient (Wildman–Crippen LogP) is 2.82. The number of carbonyl (C=O) groups excluding carboxylic acids is 2. The molecular formula is C23H26N2O5S. The van der Waals surface area contributed by atoms with Crippen molar-refractivity contribution in [1.82, 2.24) is 9.80 Å². The van der Waals surface area contributed by atoms with Gasteiger partial charge in [-0.05, 0) is 42.1 Å². The van der Waals surface area contributed by atoms with E-state index in [4.69, 9.17) is 9.47 Å². The minimum atomic E-state index is -0.645. The maximum absolute atomic E-state index is 13.1. The Morgan fingerprint density at radius 1 is 1.23 bits per heavy atom. The molecule has 1 amide bonds. The summed E-state index contributed by atoms with van der Waals surface area (Å²) in [6.07, 6.45) is 0. The molecule has 3 heterocycles. The van der Waals surface area contributed by atoms with Crippen molar-refractivity contribution in [2.24, 2.45) is 0 Å². The van der Waals surface area contributed by atoms with E-state index in [1.807, 2.05) is 24.4 Å². The number of rotatable bonds is 6. The molecule has 0 unspecified atom stereocenters. The standard InChI is InChI=1S/C23H26N2O5S/c1-15-14-16(29-2)5-6-17(15)21(26)19-20(18-4-3-13-31-18)25(23(28)22(19)27)8-7-24-9-11-30-12-10-24/h3-6,13-14,20,26H,7-12H2,1-2H3/b21-19+/t20-/m0/s1. The van der Waals surface area contributed by atoms with Crippen LogP contribution in [0.3, 0.4) is 0 Å². The highest BCUT2D eigenvalue weighted by molar-refractivity contribution is 7.10. The molecule has 0 bridgehead atoms. The number of aliphatic hydroxyl groups is 1. The fourth-order valence-corrected chi connectivity index (χ4v) is 4.95. The number of hydrogen-bond donors (Lipinski definition) is 1. The van der Waals surface area contributed by atoms with Crippen LogP contribution in [0.2, 0.25) is 0 Å². The van der Waals surface area contributed by atoms with Crippen LogP contribution in [0.15, 0.2) is 41.3 Å². The largest absolute Gasteiger partial charge is 0.507 e. The zero-order valence-corrected chi connectivity index (χ0v) is 18.5. The van der Waals surface area contributed by atoms with Gasteiger partial charge in [-0.15, -0.1) is 11.3 Å². The number of thiophene rings is 1. The van der Waals surface area contributed by atoms with E-state index in [-0.39, 0.29) is 11.3 Å². The van der Waals surface area contributed by atoms with Gasteiger partial charge in [0.25, 0.3) is 11.7 Å². The number of nitrogens with zero attached hydrogens (tertiary/aromatic N) is 2. The van der Waals surface area contributed by atoms with Crippen LogP contribution in [0.1, 0.15) is 22.0 Å². The van der Waals surface area contributed by atoms with E-state index in [1.165, 1.54) is 11.3 Å². The first-order valence-corrected chi connectivity index (χ1v) is 11.2. The van der Waals surface area contributed by atoms with Crippen LogP contribution in [0.5, 0.6) is 5.75 Å². The second-order valence-corrected chi connectivity index (χ2v) is 8.62. The highest BCUT2D eigenvalue weighted by Crippen LogP contribution is 2.41. The van der Waals surface area contributed by atoms with Crippen LogP contribution in [0, 0.1) is 6.92 Å². The molecule has 2 aromatic rings. The molecular weight excluding hydrogens is 416 g/mol. The number of aliphatic hydroxyl groups excluding tert-OH is 1.